The number of benzene rings is 1. The molecule has 8 heteroatoms. The fourth-order valence-corrected chi connectivity index (χ4v) is 3.76. The number of nitrogens with one attached hydrogen (secondary N) is 1. The average Bonchev–Trinajstić information content (AvgIpc) is 2.98. The van der Waals surface area contributed by atoms with E-state index in [2.05, 4.69) is 26.2 Å². The van der Waals surface area contributed by atoms with Crippen molar-refractivity contribution < 1.29 is 14.4 Å². The molecule has 0 unspecified atom stereocenters. The Kier molecular flexibility index (Phi) is 5.01. The Bertz CT molecular complexity index is 859. The predicted molar refractivity (Wildman–Crippen MR) is 99.0 cm³/mol. The largest absolute Gasteiger partial charge is 0.302 e. The minimum absolute atomic E-state index is 0.173. The molecule has 25 heavy (non-hydrogen) atoms. The number of thiazole rings is 1. The van der Waals surface area contributed by atoms with Gasteiger partial charge in [-0.3, -0.25) is 19.3 Å². The third kappa shape index (κ3) is 3.64. The van der Waals surface area contributed by atoms with Gasteiger partial charge in [0.2, 0.25) is 5.91 Å². The molecule has 1 aliphatic rings. The van der Waals surface area contributed by atoms with Crippen LogP contribution >= 0.6 is 27.3 Å². The molecule has 0 fully saturated rings. The van der Waals surface area contributed by atoms with Gasteiger partial charge in [0.05, 0.1) is 16.8 Å². The number of rotatable bonds is 5. The molecule has 3 amide bonds. The van der Waals surface area contributed by atoms with Crippen molar-refractivity contribution >= 4 is 50.1 Å². The summed E-state index contributed by atoms with van der Waals surface area (Å²) in [5, 5.41) is 3.32. The molecule has 3 rings (SSSR count). The summed E-state index contributed by atoms with van der Waals surface area (Å²) in [7, 11) is 0. The van der Waals surface area contributed by atoms with E-state index in [1.165, 1.54) is 16.2 Å². The number of amides is 3. The van der Waals surface area contributed by atoms with Gasteiger partial charge in [-0.05, 0) is 38.5 Å². The van der Waals surface area contributed by atoms with Gasteiger partial charge < -0.3 is 5.32 Å². The van der Waals surface area contributed by atoms with Gasteiger partial charge in [-0.1, -0.05) is 15.9 Å². The monoisotopic (exact) mass is 421 g/mol. The smallest absolute Gasteiger partial charge is 0.261 e. The number of fused-ring (bicyclic) bond motifs is 1. The summed E-state index contributed by atoms with van der Waals surface area (Å²) < 4.78 is 0.752. The Hall–Kier alpha value is -2.06. The van der Waals surface area contributed by atoms with E-state index in [1.807, 2.05) is 13.8 Å². The van der Waals surface area contributed by atoms with Crippen LogP contribution in [-0.2, 0) is 4.79 Å². The van der Waals surface area contributed by atoms with Crippen molar-refractivity contribution in [3.05, 3.63) is 44.4 Å². The summed E-state index contributed by atoms with van der Waals surface area (Å²) >= 11 is 4.73. The first-order chi connectivity index (χ1) is 11.9. The Morgan fingerprint density at radius 3 is 2.64 bits per heavy atom. The van der Waals surface area contributed by atoms with Crippen LogP contribution in [0.1, 0.15) is 44.1 Å². The second-order valence-electron chi connectivity index (χ2n) is 5.76. The summed E-state index contributed by atoms with van der Waals surface area (Å²) in [5.74, 6) is -0.792. The summed E-state index contributed by atoms with van der Waals surface area (Å²) in [6.07, 6.45) is 0.622. The number of carbonyl (C=O) groups is 3. The van der Waals surface area contributed by atoms with Gasteiger partial charge in [-0.15, -0.1) is 11.3 Å². The number of imide groups is 1. The number of hydrogen-bond donors (Lipinski definition) is 1. The Morgan fingerprint density at radius 2 is 1.96 bits per heavy atom. The summed E-state index contributed by atoms with van der Waals surface area (Å²) in [4.78, 5) is 43.2. The molecule has 0 radical (unpaired) electrons. The van der Waals surface area contributed by atoms with Crippen LogP contribution in [0.5, 0.6) is 0 Å². The molecule has 2 aromatic rings. The van der Waals surface area contributed by atoms with Crippen molar-refractivity contribution in [2.75, 3.05) is 11.9 Å². The van der Waals surface area contributed by atoms with Crippen molar-refractivity contribution in [1.29, 1.82) is 0 Å². The third-order valence-electron chi connectivity index (χ3n) is 3.99. The average molecular weight is 422 g/mol. The van der Waals surface area contributed by atoms with Crippen molar-refractivity contribution in [2.45, 2.75) is 26.7 Å². The lowest BCUT2D eigenvalue weighted by molar-refractivity contribution is -0.116. The summed E-state index contributed by atoms with van der Waals surface area (Å²) in [5.41, 5.74) is 1.71. The highest BCUT2D eigenvalue weighted by Gasteiger charge is 2.35. The maximum Gasteiger partial charge on any atom is 0.261 e. The molecule has 0 atom stereocenters. The predicted octanol–water partition coefficient (Wildman–Crippen LogP) is 3.54. The van der Waals surface area contributed by atoms with Crippen molar-refractivity contribution in [3.8, 4) is 0 Å². The van der Waals surface area contributed by atoms with E-state index in [9.17, 15) is 14.4 Å². The fraction of sp³-hybridized carbons (Fsp3) is 0.294. The number of hydrogen-bond acceptors (Lipinski definition) is 5. The van der Waals surface area contributed by atoms with Gasteiger partial charge >= 0.3 is 0 Å². The SMILES string of the molecule is Cc1nc(NC(=O)CCCN2C(=O)c3ccc(Br)cc3C2=O)sc1C. The number of aryl methyl sites for hydroxylation is 2. The molecule has 1 N–H and O–H groups in total. The second kappa shape index (κ2) is 7.05. The fourth-order valence-electron chi connectivity index (χ4n) is 2.57. The van der Waals surface area contributed by atoms with Crippen LogP contribution in [-0.4, -0.2) is 34.2 Å². The highest BCUT2D eigenvalue weighted by atomic mass is 79.9. The lowest BCUT2D eigenvalue weighted by Crippen LogP contribution is -2.31. The molecule has 0 saturated carbocycles. The molecule has 2 heterocycles. The molecule has 0 spiro atoms. The minimum atomic E-state index is -0.312. The van der Waals surface area contributed by atoms with Gasteiger partial charge in [0.15, 0.2) is 5.13 Å². The Labute approximate surface area is 157 Å². The highest BCUT2D eigenvalue weighted by Crippen LogP contribution is 2.26. The van der Waals surface area contributed by atoms with Crippen LogP contribution < -0.4 is 5.32 Å². The molecular weight excluding hydrogens is 406 g/mol. The third-order valence-corrected chi connectivity index (χ3v) is 5.47. The van der Waals surface area contributed by atoms with Crippen LogP contribution in [0.4, 0.5) is 5.13 Å². The molecule has 0 aliphatic carbocycles. The summed E-state index contributed by atoms with van der Waals surface area (Å²) in [6, 6.07) is 5.02. The van der Waals surface area contributed by atoms with Crippen molar-refractivity contribution in [2.24, 2.45) is 0 Å². The number of carbonyl (C=O) groups excluding carboxylic acids is 3. The van der Waals surface area contributed by atoms with Gasteiger partial charge in [0.25, 0.3) is 11.8 Å². The number of nitrogens with zero attached hydrogens (tertiary/aromatic N) is 2. The number of anilines is 1. The Morgan fingerprint density at radius 1 is 1.24 bits per heavy atom. The first-order valence-corrected chi connectivity index (χ1v) is 9.37. The highest BCUT2D eigenvalue weighted by molar-refractivity contribution is 9.10. The van der Waals surface area contributed by atoms with Crippen LogP contribution in [0.25, 0.3) is 0 Å². The van der Waals surface area contributed by atoms with Gasteiger partial charge in [0, 0.05) is 22.3 Å². The zero-order valence-corrected chi connectivity index (χ0v) is 16.2. The van der Waals surface area contributed by atoms with Gasteiger partial charge in [0.1, 0.15) is 0 Å². The van der Waals surface area contributed by atoms with E-state index in [4.69, 9.17) is 0 Å². The number of aromatic nitrogens is 1. The minimum Gasteiger partial charge on any atom is -0.302 e. The molecule has 6 nitrogen and oxygen atoms in total. The van der Waals surface area contributed by atoms with Crippen LogP contribution in [0, 0.1) is 13.8 Å². The molecule has 1 aliphatic heterocycles. The molecule has 130 valence electrons. The first-order valence-electron chi connectivity index (χ1n) is 7.76. The van der Waals surface area contributed by atoms with Crippen LogP contribution in [0.3, 0.4) is 0 Å². The topological polar surface area (TPSA) is 79.4 Å². The lowest BCUT2D eigenvalue weighted by atomic mass is 10.1. The second-order valence-corrected chi connectivity index (χ2v) is 7.88. The van der Waals surface area contributed by atoms with Gasteiger partial charge in [-0.2, -0.15) is 0 Å². The summed E-state index contributed by atoms with van der Waals surface area (Å²) in [6.45, 7) is 4.05. The maximum absolute atomic E-state index is 12.3. The lowest BCUT2D eigenvalue weighted by Gasteiger charge is -2.13. The van der Waals surface area contributed by atoms with E-state index >= 15 is 0 Å². The van der Waals surface area contributed by atoms with Crippen molar-refractivity contribution in [1.82, 2.24) is 9.88 Å². The zero-order chi connectivity index (χ0) is 18.1. The molecule has 0 saturated heterocycles. The van der Waals surface area contributed by atoms with E-state index in [-0.39, 0.29) is 30.7 Å². The molecule has 1 aromatic heterocycles. The zero-order valence-electron chi connectivity index (χ0n) is 13.8. The molecule has 1 aromatic carbocycles. The Balaban J connectivity index is 1.55. The normalized spacial score (nSPS) is 13.3. The standard InChI is InChI=1S/C17H16BrN3O3S/c1-9-10(2)25-17(19-9)20-14(22)4-3-7-21-15(23)12-6-5-11(18)8-13(12)16(21)24/h5-6,8H,3-4,7H2,1-2H3,(H,19,20,22). The van der Waals surface area contributed by atoms with E-state index in [0.29, 0.717) is 22.7 Å². The maximum atomic E-state index is 12.3. The number of halogens is 1. The van der Waals surface area contributed by atoms with Crippen LogP contribution in [0.15, 0.2) is 22.7 Å². The molecule has 0 bridgehead atoms. The van der Waals surface area contributed by atoms with E-state index in [0.717, 1.165) is 15.0 Å². The van der Waals surface area contributed by atoms with E-state index < -0.39 is 0 Å². The van der Waals surface area contributed by atoms with Crippen LogP contribution in [0.2, 0.25) is 0 Å². The van der Waals surface area contributed by atoms with Crippen molar-refractivity contribution in [3.63, 3.8) is 0 Å². The van der Waals surface area contributed by atoms with E-state index in [1.54, 1.807) is 18.2 Å². The van der Waals surface area contributed by atoms with Gasteiger partial charge in [-0.25, -0.2) is 4.98 Å². The molecular formula is C17H16BrN3O3S. The first kappa shape index (κ1) is 17.8. The quantitative estimate of drug-likeness (QED) is 0.748.